The minimum atomic E-state index is -1.80. The van der Waals surface area contributed by atoms with Crippen molar-refractivity contribution in [2.45, 2.75) is 32.5 Å². The Labute approximate surface area is 200 Å². The Morgan fingerprint density at radius 3 is 2.74 bits per heavy atom. The smallest absolute Gasteiger partial charge is 0.224 e. The summed E-state index contributed by atoms with van der Waals surface area (Å²) in [4.78, 5) is 16.3. The van der Waals surface area contributed by atoms with Crippen LogP contribution in [0.15, 0.2) is 54.7 Å². The van der Waals surface area contributed by atoms with E-state index in [-0.39, 0.29) is 42.4 Å². The molecule has 0 aliphatic heterocycles. The number of amides is 1. The van der Waals surface area contributed by atoms with Crippen LogP contribution in [-0.2, 0) is 23.4 Å². The number of nitrogens with one attached hydrogen (secondary N) is 2. The van der Waals surface area contributed by atoms with E-state index in [0.717, 1.165) is 0 Å². The van der Waals surface area contributed by atoms with Crippen molar-refractivity contribution in [2.75, 3.05) is 11.9 Å². The molecule has 1 amide bonds. The number of carbonyl (C=O) groups excluding carboxylic acids is 1. The molecule has 0 fully saturated rings. The van der Waals surface area contributed by atoms with Crippen LogP contribution in [0.25, 0.3) is 5.65 Å². The molecule has 180 valence electrons. The average Bonchev–Trinajstić information content (AvgIpc) is 3.32. The number of hydrogen-bond donors (Lipinski definition) is 2. The number of rotatable bonds is 8. The Morgan fingerprint density at radius 2 is 2.00 bits per heavy atom. The molecule has 35 heavy (non-hydrogen) atoms. The molecule has 1 atom stereocenters. The van der Waals surface area contributed by atoms with Crippen molar-refractivity contribution in [1.82, 2.24) is 35.6 Å². The van der Waals surface area contributed by atoms with E-state index >= 15 is 0 Å². The second kappa shape index (κ2) is 11.6. The van der Waals surface area contributed by atoms with Gasteiger partial charge in [0.05, 0.1) is 42.7 Å². The largest absolute Gasteiger partial charge is 0.379 e. The summed E-state index contributed by atoms with van der Waals surface area (Å²) in [5.41, 5.74) is -0.216. The molecular formula is C23H23F2N9O. The number of halogens is 2. The Morgan fingerprint density at radius 1 is 1.20 bits per heavy atom. The lowest BCUT2D eigenvalue weighted by atomic mass is 10.0. The maximum atomic E-state index is 15.0. The van der Waals surface area contributed by atoms with E-state index in [1.165, 1.54) is 36.8 Å². The molecular weight excluding hydrogens is 456 g/mol. The van der Waals surface area contributed by atoms with Gasteiger partial charge in [-0.15, -0.1) is 9.73 Å². The molecule has 0 saturated carbocycles. The first-order valence-corrected chi connectivity index (χ1v) is 10.6. The number of benzene rings is 1. The Bertz CT molecular complexity index is 1320. The average molecular weight is 479 g/mol. The molecule has 0 aliphatic rings. The summed E-state index contributed by atoms with van der Waals surface area (Å²) in [6, 6.07) is 14.7. The van der Waals surface area contributed by atoms with Crippen LogP contribution in [0, 0.1) is 17.1 Å². The van der Waals surface area contributed by atoms with E-state index in [0.29, 0.717) is 11.3 Å². The van der Waals surface area contributed by atoms with Gasteiger partial charge in [-0.1, -0.05) is 18.2 Å². The number of anilines is 1. The van der Waals surface area contributed by atoms with Crippen LogP contribution in [0.3, 0.4) is 0 Å². The van der Waals surface area contributed by atoms with E-state index in [9.17, 15) is 13.6 Å². The third-order valence-electron chi connectivity index (χ3n) is 4.83. The molecule has 3 heterocycles. The predicted molar refractivity (Wildman–Crippen MR) is 123 cm³/mol. The van der Waals surface area contributed by atoms with Crippen LogP contribution in [0.5, 0.6) is 0 Å². The zero-order valence-corrected chi connectivity index (χ0v) is 19.1. The van der Waals surface area contributed by atoms with Gasteiger partial charge >= 0.3 is 0 Å². The second-order valence-corrected chi connectivity index (χ2v) is 7.57. The fourth-order valence-corrected chi connectivity index (χ4v) is 3.08. The minimum Gasteiger partial charge on any atom is -0.379 e. The number of nitrogens with zero attached hydrogens (tertiary/aromatic N) is 7. The summed E-state index contributed by atoms with van der Waals surface area (Å²) >= 11 is 0. The van der Waals surface area contributed by atoms with Gasteiger partial charge in [0, 0.05) is 13.1 Å². The second-order valence-electron chi connectivity index (χ2n) is 7.57. The summed E-state index contributed by atoms with van der Waals surface area (Å²) in [7, 11) is 0. The number of hydrogen-bond acceptors (Lipinski definition) is 8. The van der Waals surface area contributed by atoms with E-state index < -0.39 is 11.5 Å². The Hall–Kier alpha value is -4.53. The molecule has 4 rings (SSSR count). The monoisotopic (exact) mass is 479 g/mol. The highest BCUT2D eigenvalue weighted by Crippen LogP contribution is 2.26. The first-order valence-electron chi connectivity index (χ1n) is 10.6. The predicted octanol–water partition coefficient (Wildman–Crippen LogP) is 2.74. The van der Waals surface area contributed by atoms with E-state index in [4.69, 9.17) is 5.26 Å². The quantitative estimate of drug-likeness (QED) is 0.394. The number of tetrazole rings is 1. The van der Waals surface area contributed by atoms with E-state index in [1.54, 1.807) is 42.5 Å². The highest BCUT2D eigenvalue weighted by Gasteiger charge is 2.27. The number of aromatic nitrogens is 6. The van der Waals surface area contributed by atoms with Crippen LogP contribution in [0.2, 0.25) is 0 Å². The van der Waals surface area contributed by atoms with Crippen molar-refractivity contribution in [3.05, 3.63) is 77.5 Å². The summed E-state index contributed by atoms with van der Waals surface area (Å²) in [5.74, 6) is -0.990. The van der Waals surface area contributed by atoms with Crippen LogP contribution < -0.4 is 10.6 Å². The lowest BCUT2D eigenvalue weighted by molar-refractivity contribution is -0.120. The SMILES string of the molecule is CC#N.CC(F)(CNc1cccc(CC(=O)NCc2ccc3nnnn3n2)c1F)c1ccccn1. The molecule has 0 aliphatic carbocycles. The third-order valence-corrected chi connectivity index (χ3v) is 4.83. The first-order chi connectivity index (χ1) is 16.8. The van der Waals surface area contributed by atoms with Crippen LogP contribution in [-0.4, -0.2) is 42.7 Å². The van der Waals surface area contributed by atoms with Gasteiger partial charge < -0.3 is 10.6 Å². The van der Waals surface area contributed by atoms with Crippen molar-refractivity contribution >= 4 is 17.2 Å². The van der Waals surface area contributed by atoms with Gasteiger partial charge in [-0.3, -0.25) is 9.78 Å². The normalized spacial score (nSPS) is 12.1. The first kappa shape index (κ1) is 25.1. The number of carbonyl (C=O) groups is 1. The Balaban J connectivity index is 0.00000108. The van der Waals surface area contributed by atoms with Crippen molar-refractivity contribution in [3.63, 3.8) is 0 Å². The maximum absolute atomic E-state index is 15.0. The molecule has 0 spiro atoms. The minimum absolute atomic E-state index is 0.112. The molecule has 1 aromatic carbocycles. The van der Waals surface area contributed by atoms with E-state index in [1.807, 2.05) is 0 Å². The fraction of sp³-hybridized carbons (Fsp3) is 0.261. The highest BCUT2D eigenvalue weighted by atomic mass is 19.1. The van der Waals surface area contributed by atoms with Gasteiger partial charge in [0.15, 0.2) is 11.3 Å². The molecule has 0 bridgehead atoms. The standard InChI is InChI=1S/C21H20F2N8O.C2H3N/c1-21(23,17-7-2-3-10-24-17)13-26-16-6-4-5-14(20(16)22)11-19(32)25-12-15-8-9-18-27-29-30-31(18)28-15;1-2-3/h2-10,26H,11-13H2,1H3,(H,25,32);1H3. The summed E-state index contributed by atoms with van der Waals surface area (Å²) < 4.78 is 31.1. The zero-order valence-electron chi connectivity index (χ0n) is 19.1. The molecule has 4 aromatic rings. The molecule has 10 nitrogen and oxygen atoms in total. The van der Waals surface area contributed by atoms with Gasteiger partial charge in [0.1, 0.15) is 5.82 Å². The molecule has 0 radical (unpaired) electrons. The maximum Gasteiger partial charge on any atom is 0.224 e. The summed E-state index contributed by atoms with van der Waals surface area (Å²) in [6.07, 6.45) is 1.32. The van der Waals surface area contributed by atoms with Crippen molar-refractivity contribution in [1.29, 1.82) is 5.26 Å². The van der Waals surface area contributed by atoms with Crippen molar-refractivity contribution in [2.24, 2.45) is 0 Å². The van der Waals surface area contributed by atoms with Crippen LogP contribution >= 0.6 is 0 Å². The van der Waals surface area contributed by atoms with Gasteiger partial charge in [-0.25, -0.2) is 8.78 Å². The summed E-state index contributed by atoms with van der Waals surface area (Å²) in [5, 5.41) is 27.9. The fourth-order valence-electron chi connectivity index (χ4n) is 3.08. The zero-order chi connectivity index (χ0) is 25.3. The number of pyridine rings is 1. The number of alkyl halides is 1. The summed E-state index contributed by atoms with van der Waals surface area (Å²) in [6.45, 7) is 2.76. The molecule has 1 unspecified atom stereocenters. The highest BCUT2D eigenvalue weighted by molar-refractivity contribution is 5.79. The van der Waals surface area contributed by atoms with Gasteiger partial charge in [0.2, 0.25) is 5.91 Å². The van der Waals surface area contributed by atoms with Crippen molar-refractivity contribution < 1.29 is 13.6 Å². The topological polar surface area (TPSA) is 134 Å². The molecule has 0 saturated heterocycles. The Kier molecular flexibility index (Phi) is 8.29. The lowest BCUT2D eigenvalue weighted by Gasteiger charge is -2.21. The lowest BCUT2D eigenvalue weighted by Crippen LogP contribution is -2.28. The molecule has 12 heteroatoms. The number of nitriles is 1. The van der Waals surface area contributed by atoms with Crippen LogP contribution in [0.4, 0.5) is 14.5 Å². The third kappa shape index (κ3) is 6.73. The van der Waals surface area contributed by atoms with Crippen molar-refractivity contribution in [3.8, 4) is 6.07 Å². The van der Waals surface area contributed by atoms with E-state index in [2.05, 4.69) is 36.2 Å². The molecule has 3 aromatic heterocycles. The van der Waals surface area contributed by atoms with Crippen LogP contribution in [0.1, 0.15) is 30.8 Å². The number of fused-ring (bicyclic) bond motifs is 1. The van der Waals surface area contributed by atoms with Gasteiger partial charge in [-0.2, -0.15) is 10.4 Å². The van der Waals surface area contributed by atoms with Gasteiger partial charge in [-0.05, 0) is 53.2 Å². The van der Waals surface area contributed by atoms with Gasteiger partial charge in [0.25, 0.3) is 0 Å². The molecule has 2 N–H and O–H groups in total.